The van der Waals surface area contributed by atoms with Crippen molar-refractivity contribution in [2.45, 2.75) is 13.0 Å². The summed E-state index contributed by atoms with van der Waals surface area (Å²) in [6.45, 7) is 3.01. The molecule has 2 nitrogen and oxygen atoms in total. The minimum Gasteiger partial charge on any atom is -0.381 e. The van der Waals surface area contributed by atoms with Crippen molar-refractivity contribution in [2.75, 3.05) is 13.2 Å². The summed E-state index contributed by atoms with van der Waals surface area (Å²) in [7, 11) is 0. The second-order valence-electron chi connectivity index (χ2n) is 3.11. The lowest BCUT2D eigenvalue weighted by Crippen LogP contribution is -2.08. The van der Waals surface area contributed by atoms with Crippen LogP contribution in [-0.2, 0) is 11.3 Å². The Labute approximate surface area is 66.8 Å². The van der Waals surface area contributed by atoms with Crippen molar-refractivity contribution >= 4 is 0 Å². The summed E-state index contributed by atoms with van der Waals surface area (Å²) < 4.78 is 7.51. The molecule has 0 aliphatic carbocycles. The van der Waals surface area contributed by atoms with Gasteiger partial charge in [0.15, 0.2) is 0 Å². The summed E-state index contributed by atoms with van der Waals surface area (Å²) in [5.74, 6) is 0.738. The molecule has 0 amide bonds. The Morgan fingerprint density at radius 3 is 2.82 bits per heavy atom. The van der Waals surface area contributed by atoms with E-state index in [0.717, 1.165) is 25.7 Å². The van der Waals surface area contributed by atoms with Gasteiger partial charge in [-0.2, -0.15) is 0 Å². The van der Waals surface area contributed by atoms with Crippen LogP contribution in [-0.4, -0.2) is 17.8 Å². The molecule has 1 atom stereocenters. The molecule has 60 valence electrons. The molecule has 0 radical (unpaired) electrons. The van der Waals surface area contributed by atoms with Crippen molar-refractivity contribution in [3.05, 3.63) is 24.5 Å². The van der Waals surface area contributed by atoms with Gasteiger partial charge < -0.3 is 9.30 Å². The van der Waals surface area contributed by atoms with E-state index >= 15 is 0 Å². The Balaban J connectivity index is 1.90. The maximum absolute atomic E-state index is 5.29. The smallest absolute Gasteiger partial charge is 0.0512 e. The maximum atomic E-state index is 5.29. The van der Waals surface area contributed by atoms with Crippen molar-refractivity contribution in [1.82, 2.24) is 4.57 Å². The normalized spacial score (nSPS) is 24.2. The molecule has 11 heavy (non-hydrogen) atoms. The van der Waals surface area contributed by atoms with E-state index in [0.29, 0.717) is 0 Å². The zero-order valence-electron chi connectivity index (χ0n) is 6.57. The topological polar surface area (TPSA) is 14.2 Å². The summed E-state index contributed by atoms with van der Waals surface area (Å²) in [4.78, 5) is 0. The van der Waals surface area contributed by atoms with Crippen LogP contribution in [0, 0.1) is 5.92 Å². The molecule has 1 aromatic rings. The molecule has 1 aromatic heterocycles. The fourth-order valence-corrected chi connectivity index (χ4v) is 1.52. The van der Waals surface area contributed by atoms with E-state index in [1.165, 1.54) is 6.42 Å². The highest BCUT2D eigenvalue weighted by molar-refractivity contribution is 4.90. The van der Waals surface area contributed by atoms with E-state index in [4.69, 9.17) is 4.74 Å². The molecular formula is C9H13NO. The molecule has 0 N–H and O–H groups in total. The molecular weight excluding hydrogens is 138 g/mol. The van der Waals surface area contributed by atoms with Crippen molar-refractivity contribution in [3.8, 4) is 0 Å². The monoisotopic (exact) mass is 151 g/mol. The number of ether oxygens (including phenoxy) is 1. The molecule has 0 bridgehead atoms. The van der Waals surface area contributed by atoms with Gasteiger partial charge in [0.25, 0.3) is 0 Å². The van der Waals surface area contributed by atoms with Gasteiger partial charge in [-0.15, -0.1) is 0 Å². The molecule has 1 saturated heterocycles. The molecule has 1 aliphatic heterocycles. The molecule has 2 rings (SSSR count). The molecule has 1 aliphatic rings. The minimum atomic E-state index is 0.738. The van der Waals surface area contributed by atoms with Gasteiger partial charge in [0.1, 0.15) is 0 Å². The molecule has 1 unspecified atom stereocenters. The van der Waals surface area contributed by atoms with Crippen molar-refractivity contribution in [1.29, 1.82) is 0 Å². The lowest BCUT2D eigenvalue weighted by atomic mass is 10.1. The standard InChI is InChI=1S/C9H13NO/c1-2-5-10(4-1)7-9-3-6-11-8-9/h1-2,4-5,9H,3,6-8H2. The summed E-state index contributed by atoms with van der Waals surface area (Å²) in [6.07, 6.45) is 5.44. The highest BCUT2D eigenvalue weighted by Gasteiger charge is 2.14. The first-order valence-electron chi connectivity index (χ1n) is 4.13. The zero-order valence-corrected chi connectivity index (χ0v) is 6.57. The first-order chi connectivity index (χ1) is 5.45. The van der Waals surface area contributed by atoms with Crippen LogP contribution in [0.1, 0.15) is 6.42 Å². The molecule has 2 heterocycles. The Morgan fingerprint density at radius 1 is 1.36 bits per heavy atom. The van der Waals surface area contributed by atoms with E-state index in [9.17, 15) is 0 Å². The van der Waals surface area contributed by atoms with Gasteiger partial charge in [0.05, 0.1) is 6.61 Å². The quantitative estimate of drug-likeness (QED) is 0.625. The number of rotatable bonds is 2. The average Bonchev–Trinajstić information content (AvgIpc) is 2.60. The molecule has 2 heteroatoms. The average molecular weight is 151 g/mol. The first kappa shape index (κ1) is 6.92. The van der Waals surface area contributed by atoms with E-state index in [2.05, 4.69) is 29.1 Å². The zero-order chi connectivity index (χ0) is 7.52. The van der Waals surface area contributed by atoms with Crippen LogP contribution >= 0.6 is 0 Å². The number of nitrogens with zero attached hydrogens (tertiary/aromatic N) is 1. The summed E-state index contributed by atoms with van der Waals surface area (Å²) in [6, 6.07) is 4.13. The van der Waals surface area contributed by atoms with Crippen LogP contribution in [0.4, 0.5) is 0 Å². The van der Waals surface area contributed by atoms with Gasteiger partial charge in [0, 0.05) is 31.5 Å². The molecule has 0 spiro atoms. The van der Waals surface area contributed by atoms with E-state index in [-0.39, 0.29) is 0 Å². The van der Waals surface area contributed by atoms with Crippen LogP contribution in [0.2, 0.25) is 0 Å². The van der Waals surface area contributed by atoms with E-state index in [1.807, 2.05) is 0 Å². The van der Waals surface area contributed by atoms with Gasteiger partial charge in [-0.1, -0.05) is 0 Å². The predicted octanol–water partition coefficient (Wildman–Crippen LogP) is 1.52. The fraction of sp³-hybridized carbons (Fsp3) is 0.556. The lowest BCUT2D eigenvalue weighted by molar-refractivity contribution is 0.182. The highest BCUT2D eigenvalue weighted by Crippen LogP contribution is 2.14. The molecule has 1 fully saturated rings. The van der Waals surface area contributed by atoms with Gasteiger partial charge in [-0.25, -0.2) is 0 Å². The van der Waals surface area contributed by atoms with Crippen LogP contribution in [0.15, 0.2) is 24.5 Å². The fourth-order valence-electron chi connectivity index (χ4n) is 1.52. The minimum absolute atomic E-state index is 0.738. The summed E-state index contributed by atoms with van der Waals surface area (Å²) >= 11 is 0. The number of hydrogen-bond acceptors (Lipinski definition) is 1. The van der Waals surface area contributed by atoms with Crippen LogP contribution in [0.25, 0.3) is 0 Å². The third-order valence-electron chi connectivity index (χ3n) is 2.16. The number of hydrogen-bond donors (Lipinski definition) is 0. The van der Waals surface area contributed by atoms with Gasteiger partial charge in [-0.05, 0) is 18.6 Å². The van der Waals surface area contributed by atoms with Crippen LogP contribution in [0.3, 0.4) is 0 Å². The van der Waals surface area contributed by atoms with Gasteiger partial charge in [0.2, 0.25) is 0 Å². The van der Waals surface area contributed by atoms with Crippen LogP contribution < -0.4 is 0 Å². The van der Waals surface area contributed by atoms with Crippen LogP contribution in [0.5, 0.6) is 0 Å². The third-order valence-corrected chi connectivity index (χ3v) is 2.16. The highest BCUT2D eigenvalue weighted by atomic mass is 16.5. The Hall–Kier alpha value is -0.760. The van der Waals surface area contributed by atoms with Gasteiger partial charge >= 0.3 is 0 Å². The maximum Gasteiger partial charge on any atom is 0.0512 e. The van der Waals surface area contributed by atoms with E-state index < -0.39 is 0 Å². The van der Waals surface area contributed by atoms with Crippen molar-refractivity contribution in [2.24, 2.45) is 5.92 Å². The predicted molar refractivity (Wildman–Crippen MR) is 43.4 cm³/mol. The Morgan fingerprint density at radius 2 is 2.18 bits per heavy atom. The van der Waals surface area contributed by atoms with Crippen molar-refractivity contribution < 1.29 is 4.74 Å². The largest absolute Gasteiger partial charge is 0.381 e. The molecule has 0 aromatic carbocycles. The lowest BCUT2D eigenvalue weighted by Gasteiger charge is -2.07. The van der Waals surface area contributed by atoms with Gasteiger partial charge in [-0.3, -0.25) is 0 Å². The third kappa shape index (κ3) is 1.63. The summed E-state index contributed by atoms with van der Waals surface area (Å²) in [5.41, 5.74) is 0. The second-order valence-corrected chi connectivity index (χ2v) is 3.11. The summed E-state index contributed by atoms with van der Waals surface area (Å²) in [5, 5.41) is 0. The Kier molecular flexibility index (Phi) is 1.95. The second kappa shape index (κ2) is 3.09. The number of aromatic nitrogens is 1. The SMILES string of the molecule is c1ccn(CC2CCOC2)c1. The Bertz CT molecular complexity index is 199. The first-order valence-corrected chi connectivity index (χ1v) is 4.13. The molecule has 0 saturated carbocycles. The van der Waals surface area contributed by atoms with E-state index in [1.54, 1.807) is 0 Å². The van der Waals surface area contributed by atoms with Crippen molar-refractivity contribution in [3.63, 3.8) is 0 Å².